The molecule has 0 aliphatic rings. The Morgan fingerprint density at radius 1 is 1.20 bits per heavy atom. The third kappa shape index (κ3) is 3.74. The summed E-state index contributed by atoms with van der Waals surface area (Å²) in [6.45, 7) is 0.248. The quantitative estimate of drug-likeness (QED) is 0.863. The van der Waals surface area contributed by atoms with Crippen LogP contribution in [-0.4, -0.2) is 23.8 Å². The van der Waals surface area contributed by atoms with Crippen molar-refractivity contribution in [2.24, 2.45) is 0 Å². The highest BCUT2D eigenvalue weighted by Gasteiger charge is 2.03. The van der Waals surface area contributed by atoms with E-state index in [0.29, 0.717) is 12.5 Å². The molecule has 0 aliphatic carbocycles. The first kappa shape index (κ1) is 13.9. The highest BCUT2D eigenvalue weighted by Crippen LogP contribution is 2.18. The van der Waals surface area contributed by atoms with E-state index in [2.05, 4.69) is 16.8 Å². The predicted molar refractivity (Wildman–Crippen MR) is 75.5 cm³/mol. The highest BCUT2D eigenvalue weighted by molar-refractivity contribution is 5.38. The third-order valence-electron chi connectivity index (χ3n) is 2.60. The lowest BCUT2D eigenvalue weighted by Crippen LogP contribution is -2.00. The molecule has 0 atom stereocenters. The fourth-order valence-electron chi connectivity index (χ4n) is 1.65. The van der Waals surface area contributed by atoms with E-state index in [-0.39, 0.29) is 6.61 Å². The number of aliphatic hydroxyl groups is 1. The van der Waals surface area contributed by atoms with Crippen LogP contribution in [0, 0.1) is 11.8 Å². The molecule has 1 aromatic carbocycles. The molecular formula is C16H15NO3. The Morgan fingerprint density at radius 3 is 2.70 bits per heavy atom. The molecule has 0 saturated carbocycles. The number of aliphatic hydroxyl groups excluding tert-OH is 1. The number of nitrogens with zero attached hydrogens (tertiary/aromatic N) is 1. The summed E-state index contributed by atoms with van der Waals surface area (Å²) in [6, 6.07) is 11.1. The number of rotatable bonds is 4. The van der Waals surface area contributed by atoms with E-state index in [1.54, 1.807) is 13.3 Å². The van der Waals surface area contributed by atoms with Gasteiger partial charge in [0.25, 0.3) is 0 Å². The van der Waals surface area contributed by atoms with Gasteiger partial charge in [0.15, 0.2) is 0 Å². The Kier molecular flexibility index (Phi) is 4.99. The maximum absolute atomic E-state index is 8.63. The molecule has 0 unspecified atom stereocenters. The Bertz CT molecular complexity index is 612. The van der Waals surface area contributed by atoms with Crippen molar-refractivity contribution in [1.29, 1.82) is 0 Å². The normalized spacial score (nSPS) is 9.50. The summed E-state index contributed by atoms with van der Waals surface area (Å²) in [6.07, 6.45) is 1.68. The molecule has 0 fully saturated rings. The van der Waals surface area contributed by atoms with Crippen LogP contribution in [0.25, 0.3) is 0 Å². The Balaban J connectivity index is 2.00. The first-order valence-electron chi connectivity index (χ1n) is 6.14. The second kappa shape index (κ2) is 7.17. The van der Waals surface area contributed by atoms with Crippen molar-refractivity contribution < 1.29 is 14.6 Å². The Labute approximate surface area is 118 Å². The lowest BCUT2D eigenvalue weighted by molar-refractivity contribution is 0.294. The van der Waals surface area contributed by atoms with Crippen LogP contribution in [0.2, 0.25) is 0 Å². The van der Waals surface area contributed by atoms with Gasteiger partial charge in [-0.15, -0.1) is 0 Å². The van der Waals surface area contributed by atoms with Gasteiger partial charge < -0.3 is 14.6 Å². The van der Waals surface area contributed by atoms with Crippen LogP contribution < -0.4 is 9.47 Å². The molecule has 4 nitrogen and oxygen atoms in total. The molecule has 4 heteroatoms. The van der Waals surface area contributed by atoms with Crippen LogP contribution in [-0.2, 0) is 6.61 Å². The van der Waals surface area contributed by atoms with Gasteiger partial charge in [0.2, 0.25) is 5.88 Å². The second-order valence-electron chi connectivity index (χ2n) is 3.94. The van der Waals surface area contributed by atoms with E-state index in [1.165, 1.54) is 0 Å². The molecule has 0 aliphatic heterocycles. The molecule has 2 rings (SSSR count). The zero-order valence-corrected chi connectivity index (χ0v) is 11.2. The van der Waals surface area contributed by atoms with Gasteiger partial charge >= 0.3 is 0 Å². The van der Waals surface area contributed by atoms with E-state index in [9.17, 15) is 0 Å². The number of aromatic nitrogens is 1. The van der Waals surface area contributed by atoms with Gasteiger partial charge in [-0.1, -0.05) is 11.8 Å². The fourth-order valence-corrected chi connectivity index (χ4v) is 1.65. The zero-order chi connectivity index (χ0) is 14.2. The lowest BCUT2D eigenvalue weighted by atomic mass is 10.2. The minimum absolute atomic E-state index is 0.140. The summed E-state index contributed by atoms with van der Waals surface area (Å²) >= 11 is 0. The SMILES string of the molecule is COc1ncccc1COc1ccc(C#CCO)cc1. The molecule has 1 heterocycles. The fraction of sp³-hybridized carbons (Fsp3) is 0.188. The van der Waals surface area contributed by atoms with E-state index < -0.39 is 0 Å². The first-order valence-corrected chi connectivity index (χ1v) is 6.14. The predicted octanol–water partition coefficient (Wildman–Crippen LogP) is 2.01. The molecule has 1 N–H and O–H groups in total. The van der Waals surface area contributed by atoms with Crippen molar-refractivity contribution in [2.45, 2.75) is 6.61 Å². The van der Waals surface area contributed by atoms with Crippen LogP contribution in [0.15, 0.2) is 42.6 Å². The number of ether oxygens (including phenoxy) is 2. The molecule has 0 spiro atoms. The summed E-state index contributed by atoms with van der Waals surface area (Å²) in [5.74, 6) is 6.73. The van der Waals surface area contributed by atoms with E-state index in [1.807, 2.05) is 36.4 Å². The number of benzene rings is 1. The van der Waals surface area contributed by atoms with Gasteiger partial charge in [0, 0.05) is 11.8 Å². The van der Waals surface area contributed by atoms with Gasteiger partial charge in [-0.3, -0.25) is 0 Å². The van der Waals surface area contributed by atoms with Crippen LogP contribution in [0.1, 0.15) is 11.1 Å². The minimum Gasteiger partial charge on any atom is -0.489 e. The van der Waals surface area contributed by atoms with Crippen molar-refractivity contribution in [2.75, 3.05) is 13.7 Å². The van der Waals surface area contributed by atoms with Crippen molar-refractivity contribution >= 4 is 0 Å². The number of hydrogen-bond acceptors (Lipinski definition) is 4. The summed E-state index contributed by atoms with van der Waals surface area (Å²) in [4.78, 5) is 4.11. The van der Waals surface area contributed by atoms with Gasteiger partial charge in [-0.05, 0) is 36.4 Å². The van der Waals surface area contributed by atoms with Gasteiger partial charge in [-0.2, -0.15) is 0 Å². The van der Waals surface area contributed by atoms with Crippen molar-refractivity contribution in [1.82, 2.24) is 4.98 Å². The molecule has 0 radical (unpaired) electrons. The van der Waals surface area contributed by atoms with Gasteiger partial charge in [-0.25, -0.2) is 4.98 Å². The smallest absolute Gasteiger partial charge is 0.219 e. The van der Waals surface area contributed by atoms with Crippen LogP contribution >= 0.6 is 0 Å². The third-order valence-corrected chi connectivity index (χ3v) is 2.60. The molecule has 20 heavy (non-hydrogen) atoms. The average molecular weight is 269 g/mol. The monoisotopic (exact) mass is 269 g/mol. The molecule has 0 saturated heterocycles. The first-order chi connectivity index (χ1) is 9.83. The van der Waals surface area contributed by atoms with Crippen molar-refractivity contribution in [3.63, 3.8) is 0 Å². The van der Waals surface area contributed by atoms with E-state index >= 15 is 0 Å². The number of pyridine rings is 1. The maximum Gasteiger partial charge on any atom is 0.219 e. The largest absolute Gasteiger partial charge is 0.489 e. The van der Waals surface area contributed by atoms with Crippen LogP contribution in [0.3, 0.4) is 0 Å². The molecule has 102 valence electrons. The Hall–Kier alpha value is -2.51. The van der Waals surface area contributed by atoms with Crippen LogP contribution in [0.4, 0.5) is 0 Å². The lowest BCUT2D eigenvalue weighted by Gasteiger charge is -2.09. The Morgan fingerprint density at radius 2 is 2.00 bits per heavy atom. The second-order valence-corrected chi connectivity index (χ2v) is 3.94. The average Bonchev–Trinajstić information content (AvgIpc) is 2.52. The molecule has 0 bridgehead atoms. The molecular weight excluding hydrogens is 254 g/mol. The van der Waals surface area contributed by atoms with Crippen LogP contribution in [0.5, 0.6) is 11.6 Å². The molecule has 0 amide bonds. The zero-order valence-electron chi connectivity index (χ0n) is 11.2. The topological polar surface area (TPSA) is 51.6 Å². The summed E-state index contributed by atoms with van der Waals surface area (Å²) in [5.41, 5.74) is 1.73. The van der Waals surface area contributed by atoms with Crippen molar-refractivity contribution in [3.8, 4) is 23.5 Å². The summed E-state index contributed by atoms with van der Waals surface area (Å²) in [5, 5.41) is 8.63. The maximum atomic E-state index is 8.63. The van der Waals surface area contributed by atoms with Crippen molar-refractivity contribution in [3.05, 3.63) is 53.7 Å². The molecule has 2 aromatic rings. The molecule has 1 aromatic heterocycles. The number of hydrogen-bond donors (Lipinski definition) is 1. The highest BCUT2D eigenvalue weighted by atomic mass is 16.5. The van der Waals surface area contributed by atoms with Gasteiger partial charge in [0.05, 0.1) is 12.7 Å². The van der Waals surface area contributed by atoms with E-state index in [0.717, 1.165) is 16.9 Å². The van der Waals surface area contributed by atoms with E-state index in [4.69, 9.17) is 14.6 Å². The summed E-state index contributed by atoms with van der Waals surface area (Å²) in [7, 11) is 1.58. The summed E-state index contributed by atoms with van der Waals surface area (Å²) < 4.78 is 10.8. The van der Waals surface area contributed by atoms with Gasteiger partial charge in [0.1, 0.15) is 19.0 Å². The number of methoxy groups -OCH3 is 1. The minimum atomic E-state index is -0.140. The standard InChI is InChI=1S/C16H15NO3/c1-19-16-14(5-2-10-17-16)12-20-15-8-6-13(7-9-15)4-3-11-18/h2,5-10,18H,11-12H2,1H3.